The third kappa shape index (κ3) is 5.44. The first-order chi connectivity index (χ1) is 11.8. The molecule has 8 heteroatoms. The van der Waals surface area contributed by atoms with Gasteiger partial charge in [0.1, 0.15) is 0 Å². The van der Waals surface area contributed by atoms with Crippen molar-refractivity contribution >= 4 is 44.8 Å². The first-order valence-corrected chi connectivity index (χ1v) is 9.93. The van der Waals surface area contributed by atoms with Gasteiger partial charge in [-0.15, -0.1) is 0 Å². The van der Waals surface area contributed by atoms with Gasteiger partial charge in [0.25, 0.3) is 5.91 Å². The molecule has 0 aliphatic rings. The molecule has 0 saturated heterocycles. The Morgan fingerprint density at radius 2 is 1.84 bits per heavy atom. The van der Waals surface area contributed by atoms with Gasteiger partial charge in [0.15, 0.2) is 0 Å². The number of hydrogen-bond acceptors (Lipinski definition) is 3. The third-order valence-corrected chi connectivity index (χ3v) is 5.60. The van der Waals surface area contributed by atoms with E-state index in [2.05, 4.69) is 10.0 Å². The molecule has 0 radical (unpaired) electrons. The molecule has 0 fully saturated rings. The molecular weight excluding hydrogens is 383 g/mol. The summed E-state index contributed by atoms with van der Waals surface area (Å²) >= 11 is 11.8. The Balaban J connectivity index is 2.17. The molecule has 2 aromatic carbocycles. The first kappa shape index (κ1) is 19.7. The molecule has 2 aromatic rings. The van der Waals surface area contributed by atoms with E-state index in [-0.39, 0.29) is 10.5 Å². The summed E-state index contributed by atoms with van der Waals surface area (Å²) in [7, 11) is -3.64. The molecule has 2 rings (SSSR count). The van der Waals surface area contributed by atoms with Gasteiger partial charge >= 0.3 is 0 Å². The van der Waals surface area contributed by atoms with E-state index in [4.69, 9.17) is 23.2 Å². The number of anilines is 1. The fraction of sp³-hybridized carbons (Fsp3) is 0.235. The Hall–Kier alpha value is -1.60. The zero-order valence-corrected chi connectivity index (χ0v) is 15.9. The summed E-state index contributed by atoms with van der Waals surface area (Å²) in [5.74, 6) is -0.441. The summed E-state index contributed by atoms with van der Waals surface area (Å²) < 4.78 is 27.0. The highest BCUT2D eigenvalue weighted by atomic mass is 35.5. The monoisotopic (exact) mass is 400 g/mol. The number of halogens is 2. The molecule has 0 bridgehead atoms. The number of carbonyl (C=O) groups excluding carboxylic acids is 1. The highest BCUT2D eigenvalue weighted by Gasteiger charge is 2.16. The maximum atomic E-state index is 12.3. The molecule has 2 N–H and O–H groups in total. The highest BCUT2D eigenvalue weighted by molar-refractivity contribution is 7.89. The number of carbonyl (C=O) groups is 1. The second-order valence-electron chi connectivity index (χ2n) is 5.36. The van der Waals surface area contributed by atoms with E-state index in [9.17, 15) is 13.2 Å². The van der Waals surface area contributed by atoms with E-state index in [1.165, 1.54) is 30.3 Å². The lowest BCUT2D eigenvalue weighted by molar-refractivity contribution is 0.102. The van der Waals surface area contributed by atoms with Crippen LogP contribution >= 0.6 is 23.2 Å². The third-order valence-electron chi connectivity index (χ3n) is 3.41. The molecule has 0 saturated carbocycles. The van der Waals surface area contributed by atoms with Crippen LogP contribution in [0.15, 0.2) is 47.4 Å². The maximum absolute atomic E-state index is 12.3. The van der Waals surface area contributed by atoms with Gasteiger partial charge in [0.2, 0.25) is 10.0 Å². The molecule has 0 aliphatic heterocycles. The van der Waals surface area contributed by atoms with Crippen molar-refractivity contribution in [1.29, 1.82) is 0 Å². The molecule has 0 aromatic heterocycles. The van der Waals surface area contributed by atoms with Crippen molar-refractivity contribution in [2.45, 2.75) is 24.7 Å². The zero-order chi connectivity index (χ0) is 18.4. The Morgan fingerprint density at radius 3 is 2.52 bits per heavy atom. The standard InChI is InChI=1S/C17H18Cl2N2O3S/c1-2-3-9-20-25(23,24)14-6-4-5-12(10-14)17(22)21-13-7-8-15(18)16(19)11-13/h4-8,10-11,20H,2-3,9H2,1H3,(H,21,22). The van der Waals surface area contributed by atoms with Crippen LogP contribution in [-0.2, 0) is 10.0 Å². The summed E-state index contributed by atoms with van der Waals surface area (Å²) in [5, 5.41) is 3.36. The Kier molecular flexibility index (Phi) is 6.84. The number of hydrogen-bond donors (Lipinski definition) is 2. The van der Waals surface area contributed by atoms with Gasteiger partial charge in [-0.05, 0) is 42.8 Å². The van der Waals surface area contributed by atoms with Crippen molar-refractivity contribution in [3.63, 3.8) is 0 Å². The molecule has 1 amide bonds. The lowest BCUT2D eigenvalue weighted by atomic mass is 10.2. The number of sulfonamides is 1. The average Bonchev–Trinajstić information content (AvgIpc) is 2.58. The molecule has 0 heterocycles. The van der Waals surface area contributed by atoms with Crippen molar-refractivity contribution in [3.8, 4) is 0 Å². The van der Waals surface area contributed by atoms with E-state index in [1.807, 2.05) is 6.92 Å². The minimum Gasteiger partial charge on any atom is -0.322 e. The smallest absolute Gasteiger partial charge is 0.255 e. The quantitative estimate of drug-likeness (QED) is 0.679. The van der Waals surface area contributed by atoms with Crippen molar-refractivity contribution < 1.29 is 13.2 Å². The number of rotatable bonds is 7. The van der Waals surface area contributed by atoms with Gasteiger partial charge in [0.05, 0.1) is 14.9 Å². The van der Waals surface area contributed by atoms with Crippen molar-refractivity contribution in [2.24, 2.45) is 0 Å². The van der Waals surface area contributed by atoms with Crippen LogP contribution in [0, 0.1) is 0 Å². The van der Waals surface area contributed by atoms with E-state index in [0.717, 1.165) is 12.8 Å². The van der Waals surface area contributed by atoms with Gasteiger partial charge in [-0.2, -0.15) is 0 Å². The number of unbranched alkanes of at least 4 members (excludes halogenated alkanes) is 1. The average molecular weight is 401 g/mol. The van der Waals surface area contributed by atoms with Crippen molar-refractivity contribution in [3.05, 3.63) is 58.1 Å². The van der Waals surface area contributed by atoms with Crippen molar-refractivity contribution in [1.82, 2.24) is 4.72 Å². The van der Waals surface area contributed by atoms with Crippen LogP contribution in [0.4, 0.5) is 5.69 Å². The predicted octanol–water partition coefficient (Wildman–Crippen LogP) is 4.32. The van der Waals surface area contributed by atoms with Crippen LogP contribution < -0.4 is 10.0 Å². The van der Waals surface area contributed by atoms with Crippen molar-refractivity contribution in [2.75, 3.05) is 11.9 Å². The number of benzene rings is 2. The molecule has 0 spiro atoms. The molecular formula is C17H18Cl2N2O3S. The van der Waals surface area contributed by atoms with Gasteiger partial charge in [0, 0.05) is 17.8 Å². The molecule has 0 aliphatic carbocycles. The van der Waals surface area contributed by atoms with Crippen LogP contribution in [0.2, 0.25) is 10.0 Å². The predicted molar refractivity (Wildman–Crippen MR) is 101 cm³/mol. The van der Waals surface area contributed by atoms with E-state index in [1.54, 1.807) is 12.1 Å². The van der Waals surface area contributed by atoms with Gasteiger partial charge in [-0.3, -0.25) is 4.79 Å². The van der Waals surface area contributed by atoms with Crippen LogP contribution in [0.25, 0.3) is 0 Å². The van der Waals surface area contributed by atoms with Gasteiger partial charge < -0.3 is 5.32 Å². The summed E-state index contributed by atoms with van der Waals surface area (Å²) in [5.41, 5.74) is 0.693. The van der Waals surface area contributed by atoms with E-state index in [0.29, 0.717) is 22.3 Å². The first-order valence-electron chi connectivity index (χ1n) is 7.69. The second kappa shape index (κ2) is 8.67. The fourth-order valence-electron chi connectivity index (χ4n) is 2.05. The number of nitrogens with one attached hydrogen (secondary N) is 2. The lowest BCUT2D eigenvalue weighted by Gasteiger charge is -2.09. The molecule has 134 valence electrons. The fourth-order valence-corrected chi connectivity index (χ4v) is 3.47. The SMILES string of the molecule is CCCCNS(=O)(=O)c1cccc(C(=O)Nc2ccc(Cl)c(Cl)c2)c1. The van der Waals surface area contributed by atoms with Crippen LogP contribution in [-0.4, -0.2) is 20.9 Å². The Bertz CT molecular complexity index is 870. The Morgan fingerprint density at radius 1 is 1.08 bits per heavy atom. The van der Waals surface area contributed by atoms with Crippen LogP contribution in [0.3, 0.4) is 0 Å². The molecule has 0 atom stereocenters. The minimum atomic E-state index is -3.64. The summed E-state index contributed by atoms with van der Waals surface area (Å²) in [6.07, 6.45) is 1.63. The second-order valence-corrected chi connectivity index (χ2v) is 7.94. The summed E-state index contributed by atoms with van der Waals surface area (Å²) in [6, 6.07) is 10.5. The van der Waals surface area contributed by atoms with Crippen LogP contribution in [0.1, 0.15) is 30.1 Å². The van der Waals surface area contributed by atoms with E-state index < -0.39 is 15.9 Å². The highest BCUT2D eigenvalue weighted by Crippen LogP contribution is 2.25. The number of amides is 1. The summed E-state index contributed by atoms with van der Waals surface area (Å²) in [6.45, 7) is 2.33. The normalized spacial score (nSPS) is 11.3. The molecule has 25 heavy (non-hydrogen) atoms. The van der Waals surface area contributed by atoms with Crippen LogP contribution in [0.5, 0.6) is 0 Å². The maximum Gasteiger partial charge on any atom is 0.255 e. The Labute approximate surface area is 157 Å². The minimum absolute atomic E-state index is 0.0467. The zero-order valence-electron chi connectivity index (χ0n) is 13.6. The van der Waals surface area contributed by atoms with Gasteiger partial charge in [-0.25, -0.2) is 13.1 Å². The molecule has 0 unspecified atom stereocenters. The summed E-state index contributed by atoms with van der Waals surface area (Å²) in [4.78, 5) is 12.4. The topological polar surface area (TPSA) is 75.3 Å². The van der Waals surface area contributed by atoms with Gasteiger partial charge in [-0.1, -0.05) is 42.6 Å². The van der Waals surface area contributed by atoms with E-state index >= 15 is 0 Å². The lowest BCUT2D eigenvalue weighted by Crippen LogP contribution is -2.25. The molecule has 5 nitrogen and oxygen atoms in total. The largest absolute Gasteiger partial charge is 0.322 e.